The molecule has 19 heavy (non-hydrogen) atoms. The van der Waals surface area contributed by atoms with Crippen molar-refractivity contribution in [3.63, 3.8) is 0 Å². The Morgan fingerprint density at radius 3 is 2.53 bits per heavy atom. The van der Waals surface area contributed by atoms with Gasteiger partial charge >= 0.3 is 0 Å². The lowest BCUT2D eigenvalue weighted by Gasteiger charge is -2.10. The van der Waals surface area contributed by atoms with Crippen molar-refractivity contribution in [3.8, 4) is 0 Å². The van der Waals surface area contributed by atoms with E-state index in [2.05, 4.69) is 36.5 Å². The summed E-state index contributed by atoms with van der Waals surface area (Å²) in [7, 11) is 0. The molecule has 1 saturated carbocycles. The third-order valence-corrected chi connectivity index (χ3v) is 3.95. The molecule has 1 fully saturated rings. The van der Waals surface area contributed by atoms with E-state index in [1.807, 2.05) is 18.2 Å². The summed E-state index contributed by atoms with van der Waals surface area (Å²) in [6.45, 7) is 2.93. The van der Waals surface area contributed by atoms with Crippen molar-refractivity contribution in [2.45, 2.75) is 32.2 Å². The van der Waals surface area contributed by atoms with Gasteiger partial charge in [0.25, 0.3) is 0 Å². The first-order chi connectivity index (χ1) is 9.22. The number of benzene rings is 2. The predicted octanol–water partition coefficient (Wildman–Crippen LogP) is 5.14. The summed E-state index contributed by atoms with van der Waals surface area (Å²) in [6, 6.07) is 14.9. The van der Waals surface area contributed by atoms with Crippen molar-refractivity contribution >= 4 is 17.3 Å². The van der Waals surface area contributed by atoms with E-state index in [0.29, 0.717) is 0 Å². The summed E-state index contributed by atoms with van der Waals surface area (Å²) in [5.41, 5.74) is 5.13. The summed E-state index contributed by atoms with van der Waals surface area (Å²) in [4.78, 5) is 0. The van der Waals surface area contributed by atoms with E-state index < -0.39 is 0 Å². The van der Waals surface area contributed by atoms with E-state index in [0.717, 1.165) is 23.2 Å². The average Bonchev–Trinajstić information content (AvgIpc) is 3.25. The van der Waals surface area contributed by atoms with Crippen molar-refractivity contribution in [1.29, 1.82) is 0 Å². The number of aryl methyl sites for hydroxylation is 1. The second-order valence-electron chi connectivity index (χ2n) is 5.33. The van der Waals surface area contributed by atoms with E-state index in [1.165, 1.54) is 29.5 Å². The van der Waals surface area contributed by atoms with E-state index in [4.69, 9.17) is 11.6 Å². The predicted molar refractivity (Wildman–Crippen MR) is 81.9 cm³/mol. The first kappa shape index (κ1) is 12.6. The van der Waals surface area contributed by atoms with Gasteiger partial charge in [-0.1, -0.05) is 41.9 Å². The highest BCUT2D eigenvalue weighted by molar-refractivity contribution is 6.30. The molecule has 0 spiro atoms. The molecule has 0 aliphatic heterocycles. The van der Waals surface area contributed by atoms with Crippen LogP contribution < -0.4 is 5.32 Å². The summed E-state index contributed by atoms with van der Waals surface area (Å²) < 4.78 is 0. The van der Waals surface area contributed by atoms with Crippen LogP contribution in [0.5, 0.6) is 0 Å². The fraction of sp³-hybridized carbons (Fsp3) is 0.294. The molecule has 98 valence electrons. The van der Waals surface area contributed by atoms with Gasteiger partial charge in [0.05, 0.1) is 0 Å². The van der Waals surface area contributed by atoms with E-state index in [-0.39, 0.29) is 0 Å². The Labute approximate surface area is 119 Å². The largest absolute Gasteiger partial charge is 0.381 e. The van der Waals surface area contributed by atoms with Gasteiger partial charge in [0, 0.05) is 17.3 Å². The van der Waals surface area contributed by atoms with Crippen molar-refractivity contribution in [2.24, 2.45) is 0 Å². The molecule has 0 radical (unpaired) electrons. The molecule has 2 aromatic rings. The Morgan fingerprint density at radius 2 is 1.84 bits per heavy atom. The van der Waals surface area contributed by atoms with Crippen molar-refractivity contribution in [2.75, 3.05) is 5.32 Å². The molecule has 0 atom stereocenters. The third kappa shape index (κ3) is 3.10. The van der Waals surface area contributed by atoms with Crippen LogP contribution in [-0.2, 0) is 6.54 Å². The first-order valence-electron chi connectivity index (χ1n) is 6.81. The third-order valence-electron chi connectivity index (χ3n) is 3.71. The molecule has 3 rings (SSSR count). The molecular formula is C17H18ClN. The lowest BCUT2D eigenvalue weighted by Crippen LogP contribution is -2.01. The Balaban J connectivity index is 1.66. The average molecular weight is 272 g/mol. The fourth-order valence-electron chi connectivity index (χ4n) is 2.31. The van der Waals surface area contributed by atoms with Crippen LogP contribution in [0.2, 0.25) is 5.02 Å². The maximum atomic E-state index is 6.02. The van der Waals surface area contributed by atoms with Crippen LogP contribution in [0.15, 0.2) is 42.5 Å². The number of hydrogen-bond acceptors (Lipinski definition) is 1. The van der Waals surface area contributed by atoms with Crippen LogP contribution in [0.25, 0.3) is 0 Å². The van der Waals surface area contributed by atoms with Gasteiger partial charge in [0.15, 0.2) is 0 Å². The Bertz CT molecular complexity index is 570. The molecule has 2 aromatic carbocycles. The summed E-state index contributed by atoms with van der Waals surface area (Å²) in [5, 5.41) is 4.23. The zero-order valence-corrected chi connectivity index (χ0v) is 11.9. The molecule has 0 bridgehead atoms. The second kappa shape index (κ2) is 5.26. The molecule has 1 aliphatic carbocycles. The van der Waals surface area contributed by atoms with Gasteiger partial charge < -0.3 is 5.32 Å². The SMILES string of the molecule is Cc1ccc(Cl)cc1NCc1ccc(C2CC2)cc1. The van der Waals surface area contributed by atoms with E-state index >= 15 is 0 Å². The number of anilines is 1. The van der Waals surface area contributed by atoms with Crippen LogP contribution >= 0.6 is 11.6 Å². The minimum Gasteiger partial charge on any atom is -0.381 e. The van der Waals surface area contributed by atoms with Crippen molar-refractivity contribution < 1.29 is 0 Å². The van der Waals surface area contributed by atoms with Crippen LogP contribution in [0, 0.1) is 6.92 Å². The molecule has 1 N–H and O–H groups in total. The lowest BCUT2D eigenvalue weighted by atomic mass is 10.1. The highest BCUT2D eigenvalue weighted by Crippen LogP contribution is 2.39. The standard InChI is InChI=1S/C17H18ClN/c1-12-2-9-16(18)10-17(12)19-11-13-3-5-14(6-4-13)15-7-8-15/h2-6,9-10,15,19H,7-8,11H2,1H3. The van der Waals surface area contributed by atoms with Crippen LogP contribution in [0.3, 0.4) is 0 Å². The summed E-state index contributed by atoms with van der Waals surface area (Å²) in [6.07, 6.45) is 2.72. The highest BCUT2D eigenvalue weighted by Gasteiger charge is 2.22. The minimum atomic E-state index is 0.775. The second-order valence-corrected chi connectivity index (χ2v) is 5.77. The Morgan fingerprint density at radius 1 is 1.11 bits per heavy atom. The van der Waals surface area contributed by atoms with Gasteiger partial charge in [-0.15, -0.1) is 0 Å². The first-order valence-corrected chi connectivity index (χ1v) is 7.19. The number of nitrogens with one attached hydrogen (secondary N) is 1. The zero-order chi connectivity index (χ0) is 13.2. The quantitative estimate of drug-likeness (QED) is 0.812. The zero-order valence-electron chi connectivity index (χ0n) is 11.1. The Kier molecular flexibility index (Phi) is 3.48. The van der Waals surface area contributed by atoms with Gasteiger partial charge in [-0.25, -0.2) is 0 Å². The monoisotopic (exact) mass is 271 g/mol. The van der Waals surface area contributed by atoms with E-state index in [1.54, 1.807) is 0 Å². The molecule has 1 aliphatic rings. The lowest BCUT2D eigenvalue weighted by molar-refractivity contribution is 1.10. The fourth-order valence-corrected chi connectivity index (χ4v) is 2.48. The Hall–Kier alpha value is -1.47. The van der Waals surface area contributed by atoms with Gasteiger partial charge in [-0.3, -0.25) is 0 Å². The topological polar surface area (TPSA) is 12.0 Å². The number of hydrogen-bond donors (Lipinski definition) is 1. The molecule has 0 aromatic heterocycles. The highest BCUT2D eigenvalue weighted by atomic mass is 35.5. The van der Waals surface area contributed by atoms with Crippen LogP contribution in [0.1, 0.15) is 35.4 Å². The molecule has 0 saturated heterocycles. The van der Waals surface area contributed by atoms with Gasteiger partial charge in [0.1, 0.15) is 0 Å². The van der Waals surface area contributed by atoms with Crippen molar-refractivity contribution in [3.05, 3.63) is 64.2 Å². The normalized spacial score (nSPS) is 14.4. The minimum absolute atomic E-state index is 0.775. The van der Waals surface area contributed by atoms with Crippen LogP contribution in [0.4, 0.5) is 5.69 Å². The van der Waals surface area contributed by atoms with Crippen molar-refractivity contribution in [1.82, 2.24) is 0 Å². The van der Waals surface area contributed by atoms with E-state index in [9.17, 15) is 0 Å². The van der Waals surface area contributed by atoms with Gasteiger partial charge in [0.2, 0.25) is 0 Å². The summed E-state index contributed by atoms with van der Waals surface area (Å²) in [5.74, 6) is 0.831. The molecule has 0 heterocycles. The van der Waals surface area contributed by atoms with Crippen LogP contribution in [-0.4, -0.2) is 0 Å². The maximum Gasteiger partial charge on any atom is 0.0426 e. The maximum absolute atomic E-state index is 6.02. The van der Waals surface area contributed by atoms with Gasteiger partial charge in [-0.05, 0) is 54.5 Å². The van der Waals surface area contributed by atoms with Gasteiger partial charge in [-0.2, -0.15) is 0 Å². The summed E-state index contributed by atoms with van der Waals surface area (Å²) >= 11 is 6.02. The molecule has 2 heteroatoms. The molecule has 0 unspecified atom stereocenters. The molecule has 0 amide bonds. The number of rotatable bonds is 4. The number of halogens is 1. The smallest absolute Gasteiger partial charge is 0.0426 e. The molecular weight excluding hydrogens is 254 g/mol. The molecule has 1 nitrogen and oxygen atoms in total.